The number of carbonyl (C=O) groups is 1. The van der Waals surface area contributed by atoms with E-state index in [2.05, 4.69) is 5.32 Å². The van der Waals surface area contributed by atoms with Gasteiger partial charge in [-0.1, -0.05) is 6.07 Å². The highest BCUT2D eigenvalue weighted by molar-refractivity contribution is 7.88. The molecule has 1 rings (SSSR count). The van der Waals surface area contributed by atoms with E-state index < -0.39 is 15.9 Å². The Bertz CT molecular complexity index is 528. The van der Waals surface area contributed by atoms with Gasteiger partial charge in [0.2, 0.25) is 15.9 Å². The molecule has 0 fully saturated rings. The van der Waals surface area contributed by atoms with Crippen LogP contribution in [0.1, 0.15) is 0 Å². The molecule has 0 bridgehead atoms. The number of anilines is 1. The number of nitrogens with one attached hydrogen (secondary N) is 1. The van der Waals surface area contributed by atoms with E-state index in [9.17, 15) is 13.2 Å². The third-order valence-corrected chi connectivity index (χ3v) is 3.55. The highest BCUT2D eigenvalue weighted by Gasteiger charge is 2.15. The van der Waals surface area contributed by atoms with Crippen molar-refractivity contribution in [1.82, 2.24) is 4.31 Å². The first-order valence-electron chi connectivity index (χ1n) is 5.18. The molecule has 0 aliphatic rings. The van der Waals surface area contributed by atoms with Crippen molar-refractivity contribution in [3.8, 4) is 5.75 Å². The maximum atomic E-state index is 11.6. The molecule has 1 aromatic carbocycles. The first-order valence-corrected chi connectivity index (χ1v) is 7.03. The summed E-state index contributed by atoms with van der Waals surface area (Å²) in [6.45, 7) is -0.226. The molecule has 0 radical (unpaired) electrons. The quantitative estimate of drug-likeness (QED) is 0.848. The minimum Gasteiger partial charge on any atom is -0.497 e. The second-order valence-corrected chi connectivity index (χ2v) is 5.89. The minimum atomic E-state index is -3.36. The van der Waals surface area contributed by atoms with Crippen LogP contribution in [-0.4, -0.2) is 45.6 Å². The van der Waals surface area contributed by atoms with Gasteiger partial charge < -0.3 is 10.1 Å². The van der Waals surface area contributed by atoms with E-state index >= 15 is 0 Å². The molecule has 1 N–H and O–H groups in total. The van der Waals surface area contributed by atoms with Crippen LogP contribution in [0.5, 0.6) is 5.75 Å². The fourth-order valence-corrected chi connectivity index (χ4v) is 1.57. The van der Waals surface area contributed by atoms with Gasteiger partial charge in [0.25, 0.3) is 0 Å². The highest BCUT2D eigenvalue weighted by atomic mass is 32.2. The van der Waals surface area contributed by atoms with E-state index in [0.717, 1.165) is 10.6 Å². The van der Waals surface area contributed by atoms with E-state index in [1.165, 1.54) is 14.2 Å². The standard InChI is InChI=1S/C11H16N2O4S/c1-13(18(3,15)16)8-11(14)12-9-5-4-6-10(7-9)17-2/h4-7H,8H2,1-3H3,(H,12,14). The largest absolute Gasteiger partial charge is 0.497 e. The molecule has 0 saturated carbocycles. The number of benzene rings is 1. The molecule has 0 aliphatic heterocycles. The summed E-state index contributed by atoms with van der Waals surface area (Å²) < 4.78 is 28.3. The molecule has 0 unspecified atom stereocenters. The zero-order chi connectivity index (χ0) is 13.8. The van der Waals surface area contributed by atoms with Gasteiger partial charge in [-0.3, -0.25) is 4.79 Å². The van der Waals surface area contributed by atoms with Gasteiger partial charge in [0.05, 0.1) is 19.9 Å². The first-order chi connectivity index (χ1) is 8.32. The van der Waals surface area contributed by atoms with Crippen LogP contribution in [-0.2, 0) is 14.8 Å². The molecule has 0 saturated heterocycles. The van der Waals surface area contributed by atoms with E-state index in [1.807, 2.05) is 0 Å². The van der Waals surface area contributed by atoms with Gasteiger partial charge in [-0.05, 0) is 12.1 Å². The second-order valence-electron chi connectivity index (χ2n) is 3.80. The van der Waals surface area contributed by atoms with Crippen LogP contribution < -0.4 is 10.1 Å². The van der Waals surface area contributed by atoms with E-state index in [1.54, 1.807) is 24.3 Å². The Hall–Kier alpha value is -1.60. The number of sulfonamides is 1. The number of carbonyl (C=O) groups excluding carboxylic acids is 1. The Balaban J connectivity index is 2.65. The molecule has 0 spiro atoms. The summed E-state index contributed by atoms with van der Waals surface area (Å²) in [4.78, 5) is 11.6. The van der Waals surface area contributed by atoms with Crippen LogP contribution in [0.15, 0.2) is 24.3 Å². The van der Waals surface area contributed by atoms with Crippen LogP contribution in [0.2, 0.25) is 0 Å². The topological polar surface area (TPSA) is 75.7 Å². The Morgan fingerprint density at radius 2 is 2.11 bits per heavy atom. The van der Waals surface area contributed by atoms with Crippen molar-refractivity contribution >= 4 is 21.6 Å². The first kappa shape index (κ1) is 14.5. The molecule has 6 nitrogen and oxygen atoms in total. The monoisotopic (exact) mass is 272 g/mol. The van der Waals surface area contributed by atoms with E-state index in [-0.39, 0.29) is 6.54 Å². The summed E-state index contributed by atoms with van der Waals surface area (Å²) in [5.74, 6) is 0.209. The summed E-state index contributed by atoms with van der Waals surface area (Å²) in [5, 5.41) is 2.59. The smallest absolute Gasteiger partial charge is 0.239 e. The van der Waals surface area contributed by atoms with Gasteiger partial charge in [-0.15, -0.1) is 0 Å². The number of ether oxygens (including phenoxy) is 1. The number of methoxy groups -OCH3 is 1. The van der Waals surface area contributed by atoms with Crippen molar-refractivity contribution in [2.75, 3.05) is 32.3 Å². The van der Waals surface area contributed by atoms with E-state index in [4.69, 9.17) is 4.74 Å². The summed E-state index contributed by atoms with van der Waals surface area (Å²) in [5.41, 5.74) is 0.557. The molecule has 1 amide bonds. The molecule has 1 aromatic rings. The van der Waals surface area contributed by atoms with Crippen LogP contribution in [0.25, 0.3) is 0 Å². The number of rotatable bonds is 5. The summed E-state index contributed by atoms with van der Waals surface area (Å²) in [6, 6.07) is 6.83. The van der Waals surface area contributed by atoms with Crippen LogP contribution >= 0.6 is 0 Å². The van der Waals surface area contributed by atoms with Gasteiger partial charge >= 0.3 is 0 Å². The number of likely N-dealkylation sites (N-methyl/N-ethyl adjacent to an activating group) is 1. The molecule has 0 aromatic heterocycles. The highest BCUT2D eigenvalue weighted by Crippen LogP contribution is 2.16. The van der Waals surface area contributed by atoms with Crippen LogP contribution in [0, 0.1) is 0 Å². The fraction of sp³-hybridized carbons (Fsp3) is 0.364. The van der Waals surface area contributed by atoms with Gasteiger partial charge in [0.1, 0.15) is 5.75 Å². The van der Waals surface area contributed by atoms with Crippen molar-refractivity contribution < 1.29 is 17.9 Å². The van der Waals surface area contributed by atoms with Gasteiger partial charge in [-0.2, -0.15) is 4.31 Å². The lowest BCUT2D eigenvalue weighted by atomic mass is 10.3. The molecule has 100 valence electrons. The maximum Gasteiger partial charge on any atom is 0.239 e. The third kappa shape index (κ3) is 4.34. The van der Waals surface area contributed by atoms with Gasteiger partial charge in [0, 0.05) is 18.8 Å². The molecule has 0 atom stereocenters. The Kier molecular flexibility index (Phi) is 4.69. The normalized spacial score (nSPS) is 11.3. The number of hydrogen-bond acceptors (Lipinski definition) is 4. The molecular weight excluding hydrogens is 256 g/mol. The van der Waals surface area contributed by atoms with Crippen molar-refractivity contribution in [3.05, 3.63) is 24.3 Å². The van der Waals surface area contributed by atoms with Gasteiger partial charge in [-0.25, -0.2) is 8.42 Å². The van der Waals surface area contributed by atoms with Crippen molar-refractivity contribution in [2.24, 2.45) is 0 Å². The summed E-state index contributed by atoms with van der Waals surface area (Å²) in [7, 11) is -0.481. The predicted molar refractivity (Wildman–Crippen MR) is 69.1 cm³/mol. The zero-order valence-corrected chi connectivity index (χ0v) is 11.3. The molecule has 18 heavy (non-hydrogen) atoms. The lowest BCUT2D eigenvalue weighted by Gasteiger charge is -2.13. The maximum absolute atomic E-state index is 11.6. The third-order valence-electron chi connectivity index (χ3n) is 2.29. The summed E-state index contributed by atoms with van der Waals surface area (Å²) >= 11 is 0. The lowest BCUT2D eigenvalue weighted by Crippen LogP contribution is -2.34. The van der Waals surface area contributed by atoms with Crippen LogP contribution in [0.4, 0.5) is 5.69 Å². The van der Waals surface area contributed by atoms with Crippen molar-refractivity contribution in [1.29, 1.82) is 0 Å². The number of hydrogen-bond donors (Lipinski definition) is 1. The SMILES string of the molecule is COc1cccc(NC(=O)CN(C)S(C)(=O)=O)c1. The van der Waals surface area contributed by atoms with Crippen molar-refractivity contribution in [3.63, 3.8) is 0 Å². The molecule has 0 aliphatic carbocycles. The minimum absolute atomic E-state index is 0.226. The second kappa shape index (κ2) is 5.83. The van der Waals surface area contributed by atoms with Crippen molar-refractivity contribution in [2.45, 2.75) is 0 Å². The number of amides is 1. The van der Waals surface area contributed by atoms with Gasteiger partial charge in [0.15, 0.2) is 0 Å². The fourth-order valence-electron chi connectivity index (χ4n) is 1.22. The zero-order valence-electron chi connectivity index (χ0n) is 10.5. The Labute approximate surface area is 107 Å². The lowest BCUT2D eigenvalue weighted by molar-refractivity contribution is -0.116. The molecular formula is C11H16N2O4S. The number of nitrogens with zero attached hydrogens (tertiary/aromatic N) is 1. The average Bonchev–Trinajstić information content (AvgIpc) is 2.27. The molecule has 0 heterocycles. The Morgan fingerprint density at radius 3 is 2.67 bits per heavy atom. The summed E-state index contributed by atoms with van der Waals surface area (Å²) in [6.07, 6.45) is 1.05. The molecule has 7 heteroatoms. The van der Waals surface area contributed by atoms with Crippen LogP contribution in [0.3, 0.4) is 0 Å². The van der Waals surface area contributed by atoms with E-state index in [0.29, 0.717) is 11.4 Å². The average molecular weight is 272 g/mol. The predicted octanol–water partition coefficient (Wildman–Crippen LogP) is 0.525. The Morgan fingerprint density at radius 1 is 1.44 bits per heavy atom.